The van der Waals surface area contributed by atoms with Gasteiger partial charge in [0.05, 0.1) is 6.04 Å². The van der Waals surface area contributed by atoms with Crippen molar-refractivity contribution in [3.8, 4) is 11.5 Å². The minimum Gasteiger partial charge on any atom is -0.454 e. The summed E-state index contributed by atoms with van der Waals surface area (Å²) in [5, 5.41) is 4.65. The van der Waals surface area contributed by atoms with E-state index in [9.17, 15) is 13.2 Å². The van der Waals surface area contributed by atoms with Gasteiger partial charge in [-0.2, -0.15) is 17.4 Å². The second-order valence-electron chi connectivity index (χ2n) is 6.02. The van der Waals surface area contributed by atoms with E-state index in [1.165, 1.54) is 18.4 Å². The molecular formula is C16H17N3O5S2. The van der Waals surface area contributed by atoms with Crippen molar-refractivity contribution in [2.75, 3.05) is 19.2 Å². The minimum atomic E-state index is -3.75. The van der Waals surface area contributed by atoms with E-state index in [1.807, 2.05) is 17.5 Å². The fourth-order valence-electron chi connectivity index (χ4n) is 2.99. The van der Waals surface area contributed by atoms with Crippen molar-refractivity contribution in [1.29, 1.82) is 0 Å². The van der Waals surface area contributed by atoms with Crippen molar-refractivity contribution in [3.05, 3.63) is 40.6 Å². The maximum atomic E-state index is 12.8. The molecule has 1 aromatic heterocycles. The van der Waals surface area contributed by atoms with Gasteiger partial charge in [0.1, 0.15) is 6.04 Å². The highest BCUT2D eigenvalue weighted by atomic mass is 32.2. The van der Waals surface area contributed by atoms with Crippen LogP contribution in [0.25, 0.3) is 0 Å². The van der Waals surface area contributed by atoms with E-state index in [0.29, 0.717) is 23.6 Å². The molecule has 4 rings (SSSR count). The van der Waals surface area contributed by atoms with Crippen LogP contribution >= 0.6 is 11.3 Å². The molecular weight excluding hydrogens is 378 g/mol. The van der Waals surface area contributed by atoms with Crippen LogP contribution in [0.5, 0.6) is 11.5 Å². The van der Waals surface area contributed by atoms with Crippen LogP contribution in [0.3, 0.4) is 0 Å². The molecule has 138 valence electrons. The second kappa shape index (κ2) is 6.54. The Morgan fingerprint density at radius 1 is 1.31 bits per heavy atom. The zero-order valence-electron chi connectivity index (χ0n) is 13.8. The van der Waals surface area contributed by atoms with E-state index in [1.54, 1.807) is 18.2 Å². The van der Waals surface area contributed by atoms with Crippen molar-refractivity contribution in [2.24, 2.45) is 0 Å². The van der Waals surface area contributed by atoms with Crippen molar-refractivity contribution in [2.45, 2.75) is 18.5 Å². The van der Waals surface area contributed by atoms with E-state index in [0.717, 1.165) is 9.18 Å². The first-order valence-electron chi connectivity index (χ1n) is 7.93. The van der Waals surface area contributed by atoms with Crippen LogP contribution in [0.15, 0.2) is 35.7 Å². The Morgan fingerprint density at radius 3 is 2.88 bits per heavy atom. The van der Waals surface area contributed by atoms with Crippen LogP contribution in [0.2, 0.25) is 0 Å². The number of hydrogen-bond donors (Lipinski definition) is 2. The summed E-state index contributed by atoms with van der Waals surface area (Å²) >= 11 is 1.46. The number of carbonyl (C=O) groups excluding carboxylic acids is 1. The number of nitrogens with zero attached hydrogens (tertiary/aromatic N) is 1. The molecule has 2 aliphatic rings. The van der Waals surface area contributed by atoms with E-state index in [2.05, 4.69) is 10.0 Å². The number of thiophene rings is 1. The molecule has 1 amide bonds. The lowest BCUT2D eigenvalue weighted by molar-refractivity contribution is -0.120. The second-order valence-corrected chi connectivity index (χ2v) is 8.76. The molecule has 2 atom stereocenters. The van der Waals surface area contributed by atoms with Gasteiger partial charge >= 0.3 is 0 Å². The van der Waals surface area contributed by atoms with Crippen LogP contribution in [-0.4, -0.2) is 38.5 Å². The molecule has 10 heteroatoms. The average molecular weight is 395 g/mol. The van der Waals surface area contributed by atoms with E-state index in [-0.39, 0.29) is 6.79 Å². The quantitative estimate of drug-likeness (QED) is 0.824. The van der Waals surface area contributed by atoms with Gasteiger partial charge in [0, 0.05) is 23.7 Å². The summed E-state index contributed by atoms with van der Waals surface area (Å²) < 4.78 is 39.1. The molecule has 0 unspecified atom stereocenters. The van der Waals surface area contributed by atoms with Crippen LogP contribution < -0.4 is 19.5 Å². The number of fused-ring (bicyclic) bond motifs is 1. The predicted octanol–water partition coefficient (Wildman–Crippen LogP) is 1.70. The summed E-state index contributed by atoms with van der Waals surface area (Å²) in [7, 11) is -2.35. The third-order valence-corrected chi connectivity index (χ3v) is 6.98. The van der Waals surface area contributed by atoms with Crippen molar-refractivity contribution in [3.63, 3.8) is 0 Å². The highest BCUT2D eigenvalue weighted by Crippen LogP contribution is 2.35. The number of amides is 1. The number of anilines is 1. The molecule has 1 saturated heterocycles. The van der Waals surface area contributed by atoms with E-state index in [4.69, 9.17) is 9.47 Å². The minimum absolute atomic E-state index is 0.143. The number of benzene rings is 1. The smallest absolute Gasteiger partial charge is 0.280 e. The fourth-order valence-corrected chi connectivity index (χ4v) is 5.12. The van der Waals surface area contributed by atoms with Gasteiger partial charge < -0.3 is 14.8 Å². The van der Waals surface area contributed by atoms with Gasteiger partial charge in [-0.05, 0) is 30.0 Å². The summed E-state index contributed by atoms with van der Waals surface area (Å²) in [6, 6.07) is 7.52. The Bertz CT molecular complexity index is 929. The molecule has 0 radical (unpaired) electrons. The van der Waals surface area contributed by atoms with Gasteiger partial charge in [-0.3, -0.25) is 4.79 Å². The lowest BCUT2D eigenvalue weighted by Crippen LogP contribution is -2.55. The van der Waals surface area contributed by atoms with Gasteiger partial charge in [0.15, 0.2) is 11.5 Å². The maximum Gasteiger partial charge on any atom is 0.280 e. The molecule has 3 heterocycles. The van der Waals surface area contributed by atoms with Gasteiger partial charge in [-0.1, -0.05) is 6.07 Å². The van der Waals surface area contributed by atoms with E-state index < -0.39 is 28.2 Å². The Hall–Kier alpha value is -2.14. The monoisotopic (exact) mass is 395 g/mol. The third-order valence-electron chi connectivity index (χ3n) is 4.40. The molecule has 1 aromatic carbocycles. The lowest BCUT2D eigenvalue weighted by Gasteiger charge is -2.35. The zero-order valence-corrected chi connectivity index (χ0v) is 15.5. The Labute approximate surface area is 154 Å². The third kappa shape index (κ3) is 3.16. The van der Waals surface area contributed by atoms with Crippen molar-refractivity contribution in [1.82, 2.24) is 9.03 Å². The summed E-state index contributed by atoms with van der Waals surface area (Å²) in [6.07, 6.45) is 0.340. The first-order chi connectivity index (χ1) is 12.4. The number of carbonyl (C=O) groups is 1. The molecule has 2 aromatic rings. The molecule has 0 bridgehead atoms. The normalized spacial score (nSPS) is 24.3. The summed E-state index contributed by atoms with van der Waals surface area (Å²) in [5.74, 6) is 0.769. The van der Waals surface area contributed by atoms with Gasteiger partial charge in [0.2, 0.25) is 12.7 Å². The molecule has 26 heavy (non-hydrogen) atoms. The summed E-state index contributed by atoms with van der Waals surface area (Å²) in [6.45, 7) is 0.143. The Morgan fingerprint density at radius 2 is 2.12 bits per heavy atom. The average Bonchev–Trinajstić information content (AvgIpc) is 3.27. The van der Waals surface area contributed by atoms with Gasteiger partial charge in [-0.25, -0.2) is 0 Å². The molecule has 0 saturated carbocycles. The van der Waals surface area contributed by atoms with Gasteiger partial charge in [0.25, 0.3) is 10.2 Å². The number of nitrogens with one attached hydrogen (secondary N) is 2. The molecule has 8 nitrogen and oxygen atoms in total. The SMILES string of the molecule is CN1[C@@H](C(=O)Nc2ccc3c(c2)OCO3)C[C@@H](c2cccs2)NS1(=O)=O. The van der Waals surface area contributed by atoms with Crippen LogP contribution in [0.4, 0.5) is 5.69 Å². The highest BCUT2D eigenvalue weighted by Gasteiger charge is 2.41. The number of likely N-dealkylation sites (N-methyl/N-ethyl adjacent to an activating group) is 1. The topological polar surface area (TPSA) is 97.0 Å². The van der Waals surface area contributed by atoms with Crippen molar-refractivity contribution >= 4 is 33.1 Å². The first-order valence-corrected chi connectivity index (χ1v) is 10.3. The number of rotatable bonds is 3. The molecule has 2 N–H and O–H groups in total. The van der Waals surface area contributed by atoms with Crippen LogP contribution in [0.1, 0.15) is 17.3 Å². The van der Waals surface area contributed by atoms with Crippen LogP contribution in [-0.2, 0) is 15.0 Å². The van der Waals surface area contributed by atoms with Crippen molar-refractivity contribution < 1.29 is 22.7 Å². The molecule has 0 aliphatic carbocycles. The Balaban J connectivity index is 1.55. The zero-order chi connectivity index (χ0) is 18.3. The standard InChI is InChI=1S/C16H17N3O5S2/c1-19-12(8-11(18-26(19,21)22)15-3-2-6-25-15)16(20)17-10-4-5-13-14(7-10)24-9-23-13/h2-7,11-12,18H,8-9H2,1H3,(H,17,20)/t11-,12+/m0/s1. The Kier molecular flexibility index (Phi) is 4.35. The molecule has 0 spiro atoms. The fraction of sp³-hybridized carbons (Fsp3) is 0.312. The predicted molar refractivity (Wildman–Crippen MR) is 96.5 cm³/mol. The van der Waals surface area contributed by atoms with Crippen LogP contribution in [0, 0.1) is 0 Å². The lowest BCUT2D eigenvalue weighted by atomic mass is 10.1. The number of ether oxygens (including phenoxy) is 2. The summed E-state index contributed by atoms with van der Waals surface area (Å²) in [5.41, 5.74) is 0.524. The summed E-state index contributed by atoms with van der Waals surface area (Å²) in [4.78, 5) is 13.6. The van der Waals surface area contributed by atoms with E-state index >= 15 is 0 Å². The first kappa shape index (κ1) is 17.3. The molecule has 1 fully saturated rings. The molecule has 2 aliphatic heterocycles. The highest BCUT2D eigenvalue weighted by molar-refractivity contribution is 7.87. The maximum absolute atomic E-state index is 12.8. The largest absolute Gasteiger partial charge is 0.454 e. The van der Waals surface area contributed by atoms with Gasteiger partial charge in [-0.15, -0.1) is 11.3 Å². The number of hydrogen-bond acceptors (Lipinski definition) is 6.